The highest BCUT2D eigenvalue weighted by atomic mass is 15.0. The average molecular weight is 921 g/mol. The Kier molecular flexibility index (Phi) is 11.9. The fraction of sp³-hybridized carbons (Fsp3) is 0. The van der Waals surface area contributed by atoms with Crippen LogP contribution in [0, 0.1) is 0 Å². The maximum Gasteiger partial charge on any atom is 0.164 e. The Morgan fingerprint density at radius 3 is 0.694 bits per heavy atom. The van der Waals surface area contributed by atoms with Gasteiger partial charge in [0.15, 0.2) is 34.9 Å². The zero-order valence-electron chi connectivity index (χ0n) is 39.1. The van der Waals surface area contributed by atoms with Gasteiger partial charge in [0.25, 0.3) is 0 Å². The van der Waals surface area contributed by atoms with Crippen molar-refractivity contribution in [3.05, 3.63) is 267 Å². The Morgan fingerprint density at radius 2 is 0.361 bits per heavy atom. The second-order valence-electron chi connectivity index (χ2n) is 17.4. The van der Waals surface area contributed by atoms with Crippen molar-refractivity contribution < 1.29 is 0 Å². The highest BCUT2D eigenvalue weighted by Gasteiger charge is 2.26. The molecule has 0 bridgehead atoms. The van der Waals surface area contributed by atoms with Crippen LogP contribution in [0.25, 0.3) is 124 Å². The second kappa shape index (κ2) is 19.7. The molecule has 0 amide bonds. The third-order valence-electron chi connectivity index (χ3n) is 12.9. The number of nitrogens with zero attached hydrogens (tertiary/aromatic N) is 6. The van der Waals surface area contributed by atoms with Crippen molar-refractivity contribution in [2.24, 2.45) is 0 Å². The van der Waals surface area contributed by atoms with Gasteiger partial charge in [-0.25, -0.2) is 29.9 Å². The zero-order chi connectivity index (χ0) is 48.1. The van der Waals surface area contributed by atoms with Gasteiger partial charge in [-0.15, -0.1) is 0 Å². The van der Waals surface area contributed by atoms with Crippen LogP contribution in [-0.2, 0) is 0 Å². The molecule has 2 heterocycles. The lowest BCUT2D eigenvalue weighted by atomic mass is 9.80. The molecule has 12 aromatic rings. The number of benzene rings is 10. The molecule has 0 atom stereocenters. The minimum absolute atomic E-state index is 0.561. The van der Waals surface area contributed by atoms with Crippen molar-refractivity contribution in [3.8, 4) is 124 Å². The second-order valence-corrected chi connectivity index (χ2v) is 17.4. The lowest BCUT2D eigenvalue weighted by molar-refractivity contribution is 1.07. The van der Waals surface area contributed by atoms with Gasteiger partial charge in [0, 0.05) is 33.4 Å². The van der Waals surface area contributed by atoms with Gasteiger partial charge in [0.1, 0.15) is 0 Å². The van der Waals surface area contributed by atoms with Gasteiger partial charge in [0.05, 0.1) is 0 Å². The highest BCUT2D eigenvalue weighted by Crippen LogP contribution is 2.50. The van der Waals surface area contributed by atoms with Crippen molar-refractivity contribution in [1.82, 2.24) is 29.9 Å². The van der Waals surface area contributed by atoms with Crippen LogP contribution in [0.5, 0.6) is 0 Å². The molecule has 0 spiro atoms. The molecule has 0 aliphatic carbocycles. The molecule has 10 aromatic carbocycles. The van der Waals surface area contributed by atoms with Gasteiger partial charge < -0.3 is 0 Å². The normalized spacial score (nSPS) is 11.1. The molecule has 2 aromatic heterocycles. The Balaban J connectivity index is 1.17. The predicted molar refractivity (Wildman–Crippen MR) is 293 cm³/mol. The molecule has 12 rings (SSSR count). The van der Waals surface area contributed by atoms with E-state index in [2.05, 4.69) is 146 Å². The molecular weight excluding hydrogens is 877 g/mol. The number of rotatable bonds is 11. The van der Waals surface area contributed by atoms with Crippen molar-refractivity contribution in [3.63, 3.8) is 0 Å². The molecule has 0 aliphatic heterocycles. The maximum absolute atomic E-state index is 5.31. The van der Waals surface area contributed by atoms with Crippen LogP contribution in [0.3, 0.4) is 0 Å². The van der Waals surface area contributed by atoms with Crippen LogP contribution in [0.15, 0.2) is 267 Å². The Morgan fingerprint density at radius 1 is 0.139 bits per heavy atom. The van der Waals surface area contributed by atoms with E-state index in [9.17, 15) is 0 Å². The number of hydrogen-bond acceptors (Lipinski definition) is 6. The quantitative estimate of drug-likeness (QED) is 0.129. The van der Waals surface area contributed by atoms with E-state index < -0.39 is 0 Å². The molecule has 0 saturated heterocycles. The molecule has 0 fully saturated rings. The van der Waals surface area contributed by atoms with Gasteiger partial charge in [-0.1, -0.05) is 267 Å². The summed E-state index contributed by atoms with van der Waals surface area (Å²) in [5.74, 6) is 3.49. The van der Waals surface area contributed by atoms with Crippen molar-refractivity contribution >= 4 is 0 Å². The van der Waals surface area contributed by atoms with Gasteiger partial charge in [-0.05, 0) is 55.6 Å². The third-order valence-corrected chi connectivity index (χ3v) is 12.9. The lowest BCUT2D eigenvalue weighted by Gasteiger charge is -2.24. The van der Waals surface area contributed by atoms with E-state index in [1.54, 1.807) is 0 Å². The zero-order valence-corrected chi connectivity index (χ0v) is 39.1. The van der Waals surface area contributed by atoms with Gasteiger partial charge >= 0.3 is 0 Å². The van der Waals surface area contributed by atoms with Crippen molar-refractivity contribution in [1.29, 1.82) is 0 Å². The first kappa shape index (κ1) is 43.5. The SMILES string of the molecule is c1ccc(-c2ccc(-c3ccc(-c4ccccc4)c(-c4ccccc4-c4nc(-c5ccccc5)nc(-c5ccccc5)n4)c3-c3ccccc3-c3nc(-c4ccccc4)nc(-c4ccccc4)n3)cc2)cc1. The van der Waals surface area contributed by atoms with Crippen LogP contribution in [0.4, 0.5) is 0 Å². The molecular formula is C66H44N6. The maximum atomic E-state index is 5.31. The van der Waals surface area contributed by atoms with Crippen LogP contribution in [-0.4, -0.2) is 29.9 Å². The molecule has 0 unspecified atom stereocenters. The molecule has 72 heavy (non-hydrogen) atoms. The highest BCUT2D eigenvalue weighted by molar-refractivity contribution is 6.07. The summed E-state index contributed by atoms with van der Waals surface area (Å²) in [4.78, 5) is 31.4. The summed E-state index contributed by atoms with van der Waals surface area (Å²) < 4.78 is 0. The van der Waals surface area contributed by atoms with Crippen LogP contribution < -0.4 is 0 Å². The van der Waals surface area contributed by atoms with Gasteiger partial charge in [0.2, 0.25) is 0 Å². The smallest absolute Gasteiger partial charge is 0.164 e. The largest absolute Gasteiger partial charge is 0.208 e. The van der Waals surface area contributed by atoms with E-state index in [1.165, 1.54) is 0 Å². The Bertz CT molecular complexity index is 3700. The van der Waals surface area contributed by atoms with Gasteiger partial charge in [-0.3, -0.25) is 0 Å². The third kappa shape index (κ3) is 8.77. The van der Waals surface area contributed by atoms with E-state index >= 15 is 0 Å². The van der Waals surface area contributed by atoms with Crippen molar-refractivity contribution in [2.75, 3.05) is 0 Å². The van der Waals surface area contributed by atoms with E-state index in [1.807, 2.05) is 121 Å². The summed E-state index contributed by atoms with van der Waals surface area (Å²) in [7, 11) is 0. The Labute approximate surface area is 418 Å². The van der Waals surface area contributed by atoms with Crippen LogP contribution in [0.2, 0.25) is 0 Å². The van der Waals surface area contributed by atoms with Crippen LogP contribution >= 0.6 is 0 Å². The first-order chi connectivity index (χ1) is 35.7. The minimum Gasteiger partial charge on any atom is -0.208 e. The molecule has 338 valence electrons. The predicted octanol–water partition coefficient (Wildman–Crippen LogP) is 16.4. The number of hydrogen-bond donors (Lipinski definition) is 0. The molecule has 0 aliphatic rings. The lowest BCUT2D eigenvalue weighted by Crippen LogP contribution is -2.03. The van der Waals surface area contributed by atoms with E-state index in [0.29, 0.717) is 34.9 Å². The summed E-state index contributed by atoms with van der Waals surface area (Å²) in [5.41, 5.74) is 15.8. The topological polar surface area (TPSA) is 77.3 Å². The van der Waals surface area contributed by atoms with Gasteiger partial charge in [-0.2, -0.15) is 0 Å². The Hall–Kier alpha value is -9.78. The molecule has 6 nitrogen and oxygen atoms in total. The summed E-state index contributed by atoms with van der Waals surface area (Å²) in [6.45, 7) is 0. The van der Waals surface area contributed by atoms with E-state index in [0.717, 1.165) is 89.0 Å². The molecule has 0 saturated carbocycles. The first-order valence-electron chi connectivity index (χ1n) is 24.0. The number of aromatic nitrogens is 6. The summed E-state index contributed by atoms with van der Waals surface area (Å²) in [6.07, 6.45) is 0. The van der Waals surface area contributed by atoms with Crippen molar-refractivity contribution in [2.45, 2.75) is 0 Å². The molecule has 0 radical (unpaired) electrons. The fourth-order valence-electron chi connectivity index (χ4n) is 9.38. The van der Waals surface area contributed by atoms with Crippen LogP contribution in [0.1, 0.15) is 0 Å². The first-order valence-corrected chi connectivity index (χ1v) is 24.0. The summed E-state index contributed by atoms with van der Waals surface area (Å²) in [6, 6.07) is 92.0. The summed E-state index contributed by atoms with van der Waals surface area (Å²) >= 11 is 0. The average Bonchev–Trinajstić information content (AvgIpc) is 3.48. The molecule has 0 N–H and O–H groups in total. The monoisotopic (exact) mass is 920 g/mol. The molecule has 6 heteroatoms. The fourth-order valence-corrected chi connectivity index (χ4v) is 9.38. The minimum atomic E-state index is 0.561. The van der Waals surface area contributed by atoms with E-state index in [4.69, 9.17) is 29.9 Å². The standard InChI is InChI=1S/C66H44N6/c1-7-23-45(24-8-1)46-39-41-48(42-40-46)54-44-43-53(47-25-9-2-10-26-47)59(55-35-19-21-37-57(55)65-69-61(49-27-11-3-12-28-49)67-62(70-65)50-29-13-4-14-30-50)60(54)56-36-20-22-38-58(56)66-71-63(51-31-15-5-16-32-51)68-64(72-66)52-33-17-6-18-34-52/h1-44H. The van der Waals surface area contributed by atoms with E-state index in [-0.39, 0.29) is 0 Å². The summed E-state index contributed by atoms with van der Waals surface area (Å²) in [5, 5.41) is 0.